The third-order valence-electron chi connectivity index (χ3n) is 2.85. The van der Waals surface area contributed by atoms with Crippen LogP contribution in [-0.2, 0) is 4.79 Å². The number of likely N-dealkylation sites (N-methyl/N-ethyl adjacent to an activating group) is 1. The predicted molar refractivity (Wildman–Crippen MR) is 64.6 cm³/mol. The van der Waals surface area contributed by atoms with Crippen LogP contribution >= 0.6 is 0 Å². The van der Waals surface area contributed by atoms with Crippen LogP contribution in [-0.4, -0.2) is 53.0 Å². The molecule has 92 valence electrons. The van der Waals surface area contributed by atoms with E-state index >= 15 is 0 Å². The van der Waals surface area contributed by atoms with Crippen LogP contribution in [0.25, 0.3) is 0 Å². The molecule has 6 nitrogen and oxygen atoms in total. The van der Waals surface area contributed by atoms with E-state index in [-0.39, 0.29) is 5.91 Å². The second-order valence-corrected chi connectivity index (χ2v) is 4.00. The monoisotopic (exact) mass is 235 g/mol. The highest BCUT2D eigenvalue weighted by molar-refractivity contribution is 5.90. The second kappa shape index (κ2) is 5.70. The Labute approximate surface area is 100 Å². The molecule has 6 heteroatoms. The number of amides is 1. The molecule has 1 saturated heterocycles. The topological polar surface area (TPSA) is 70.2 Å². The van der Waals surface area contributed by atoms with Gasteiger partial charge in [0.2, 0.25) is 11.9 Å². The lowest BCUT2D eigenvalue weighted by Crippen LogP contribution is -2.58. The van der Waals surface area contributed by atoms with Gasteiger partial charge in [0.1, 0.15) is 0 Å². The summed E-state index contributed by atoms with van der Waals surface area (Å²) in [5.41, 5.74) is 0. The molecule has 0 unspecified atom stereocenters. The molecular weight excluding hydrogens is 218 g/mol. The zero-order chi connectivity index (χ0) is 12.1. The molecule has 1 fully saturated rings. The van der Waals surface area contributed by atoms with Crippen LogP contribution in [0.3, 0.4) is 0 Å². The van der Waals surface area contributed by atoms with Gasteiger partial charge in [0.25, 0.3) is 0 Å². The van der Waals surface area contributed by atoms with Crippen molar-refractivity contribution in [3.05, 3.63) is 18.5 Å². The second-order valence-electron chi connectivity index (χ2n) is 4.00. The Balaban J connectivity index is 1.83. The summed E-state index contributed by atoms with van der Waals surface area (Å²) in [6.07, 6.45) is 3.21. The van der Waals surface area contributed by atoms with Gasteiger partial charge in [-0.1, -0.05) is 6.92 Å². The Hall–Kier alpha value is -1.53. The van der Waals surface area contributed by atoms with Crippen molar-refractivity contribution in [2.75, 3.05) is 31.5 Å². The van der Waals surface area contributed by atoms with Crippen molar-refractivity contribution in [2.24, 2.45) is 0 Å². The molecule has 2 N–H and O–H groups in total. The Bertz CT molecular complexity index is 365. The third-order valence-corrected chi connectivity index (χ3v) is 2.85. The van der Waals surface area contributed by atoms with E-state index in [9.17, 15) is 4.79 Å². The SMILES string of the molecule is CCN(CC(=O)Nc1ncccn1)C1CNC1. The fraction of sp³-hybridized carbons (Fsp3) is 0.545. The number of carbonyl (C=O) groups excluding carboxylic acids is 1. The van der Waals surface area contributed by atoms with Gasteiger partial charge in [-0.2, -0.15) is 0 Å². The van der Waals surface area contributed by atoms with Gasteiger partial charge in [-0.25, -0.2) is 9.97 Å². The number of hydrogen-bond donors (Lipinski definition) is 2. The molecule has 0 spiro atoms. The van der Waals surface area contributed by atoms with Crippen molar-refractivity contribution in [2.45, 2.75) is 13.0 Å². The lowest BCUT2D eigenvalue weighted by Gasteiger charge is -2.37. The smallest absolute Gasteiger partial charge is 0.240 e. The van der Waals surface area contributed by atoms with E-state index in [0.29, 0.717) is 18.5 Å². The summed E-state index contributed by atoms with van der Waals surface area (Å²) in [6, 6.07) is 2.19. The lowest BCUT2D eigenvalue weighted by atomic mass is 10.1. The van der Waals surface area contributed by atoms with Crippen molar-refractivity contribution in [3.63, 3.8) is 0 Å². The Morgan fingerprint density at radius 3 is 2.76 bits per heavy atom. The number of nitrogens with zero attached hydrogens (tertiary/aromatic N) is 3. The van der Waals surface area contributed by atoms with Crippen LogP contribution in [0.2, 0.25) is 0 Å². The van der Waals surface area contributed by atoms with Gasteiger partial charge in [-0.15, -0.1) is 0 Å². The molecular formula is C11H17N5O. The lowest BCUT2D eigenvalue weighted by molar-refractivity contribution is -0.118. The highest BCUT2D eigenvalue weighted by Crippen LogP contribution is 2.04. The van der Waals surface area contributed by atoms with E-state index in [1.165, 1.54) is 0 Å². The first-order valence-electron chi connectivity index (χ1n) is 5.81. The molecule has 1 aromatic heterocycles. The Morgan fingerprint density at radius 1 is 1.53 bits per heavy atom. The van der Waals surface area contributed by atoms with Gasteiger partial charge >= 0.3 is 0 Å². The maximum atomic E-state index is 11.8. The summed E-state index contributed by atoms with van der Waals surface area (Å²) >= 11 is 0. The summed E-state index contributed by atoms with van der Waals surface area (Å²) in [7, 11) is 0. The van der Waals surface area contributed by atoms with Gasteiger partial charge in [-0.3, -0.25) is 15.0 Å². The first-order valence-corrected chi connectivity index (χ1v) is 5.81. The van der Waals surface area contributed by atoms with E-state index in [1.54, 1.807) is 18.5 Å². The highest BCUT2D eigenvalue weighted by atomic mass is 16.2. The summed E-state index contributed by atoms with van der Waals surface area (Å²) in [4.78, 5) is 21.8. The molecule has 0 aliphatic carbocycles. The summed E-state index contributed by atoms with van der Waals surface area (Å²) in [6.45, 7) is 5.24. The van der Waals surface area contributed by atoms with Crippen LogP contribution in [0.1, 0.15) is 6.92 Å². The van der Waals surface area contributed by atoms with Crippen molar-refractivity contribution < 1.29 is 4.79 Å². The maximum absolute atomic E-state index is 11.8. The Kier molecular flexibility index (Phi) is 4.00. The number of nitrogens with one attached hydrogen (secondary N) is 2. The molecule has 0 saturated carbocycles. The quantitative estimate of drug-likeness (QED) is 0.734. The Morgan fingerprint density at radius 2 is 2.24 bits per heavy atom. The minimum Gasteiger partial charge on any atom is -0.314 e. The van der Waals surface area contributed by atoms with Crippen LogP contribution in [0.4, 0.5) is 5.95 Å². The fourth-order valence-corrected chi connectivity index (χ4v) is 1.74. The number of carbonyl (C=O) groups is 1. The number of anilines is 1. The van der Waals surface area contributed by atoms with Crippen molar-refractivity contribution in [1.29, 1.82) is 0 Å². The highest BCUT2D eigenvalue weighted by Gasteiger charge is 2.24. The summed E-state index contributed by atoms with van der Waals surface area (Å²) in [5.74, 6) is 0.297. The maximum Gasteiger partial charge on any atom is 0.240 e. The van der Waals surface area contributed by atoms with Gasteiger partial charge in [-0.05, 0) is 12.6 Å². The number of aromatic nitrogens is 2. The minimum atomic E-state index is -0.0649. The molecule has 0 atom stereocenters. The van der Waals surface area contributed by atoms with E-state index in [4.69, 9.17) is 0 Å². The summed E-state index contributed by atoms with van der Waals surface area (Å²) in [5, 5.41) is 5.89. The zero-order valence-electron chi connectivity index (χ0n) is 9.89. The van der Waals surface area contributed by atoms with E-state index < -0.39 is 0 Å². The van der Waals surface area contributed by atoms with Crippen LogP contribution in [0.5, 0.6) is 0 Å². The van der Waals surface area contributed by atoms with E-state index in [2.05, 4.69) is 32.4 Å². The molecule has 2 heterocycles. The molecule has 1 aromatic rings. The van der Waals surface area contributed by atoms with Gasteiger partial charge < -0.3 is 5.32 Å². The molecule has 1 amide bonds. The molecule has 2 rings (SSSR count). The molecule has 17 heavy (non-hydrogen) atoms. The number of rotatable bonds is 5. The number of hydrogen-bond acceptors (Lipinski definition) is 5. The van der Waals surface area contributed by atoms with Crippen LogP contribution in [0, 0.1) is 0 Å². The van der Waals surface area contributed by atoms with Crippen LogP contribution in [0.15, 0.2) is 18.5 Å². The van der Waals surface area contributed by atoms with Crippen molar-refractivity contribution >= 4 is 11.9 Å². The fourth-order valence-electron chi connectivity index (χ4n) is 1.74. The first kappa shape index (κ1) is 11.9. The molecule has 1 aliphatic rings. The van der Waals surface area contributed by atoms with Crippen molar-refractivity contribution in [1.82, 2.24) is 20.2 Å². The van der Waals surface area contributed by atoms with E-state index in [1.807, 2.05) is 0 Å². The van der Waals surface area contributed by atoms with Gasteiger partial charge in [0.15, 0.2) is 0 Å². The molecule has 0 radical (unpaired) electrons. The van der Waals surface area contributed by atoms with E-state index in [0.717, 1.165) is 19.6 Å². The third kappa shape index (κ3) is 3.21. The van der Waals surface area contributed by atoms with Crippen molar-refractivity contribution in [3.8, 4) is 0 Å². The standard InChI is InChI=1S/C11H17N5O/c1-2-16(9-6-12-7-9)8-10(17)15-11-13-4-3-5-14-11/h3-5,9,12H,2,6-8H2,1H3,(H,13,14,15,17). The first-order chi connectivity index (χ1) is 8.29. The molecule has 0 aromatic carbocycles. The predicted octanol–water partition coefficient (Wildman–Crippen LogP) is -0.291. The zero-order valence-corrected chi connectivity index (χ0v) is 9.89. The van der Waals surface area contributed by atoms with Crippen LogP contribution < -0.4 is 10.6 Å². The largest absolute Gasteiger partial charge is 0.314 e. The molecule has 1 aliphatic heterocycles. The van der Waals surface area contributed by atoms with Gasteiger partial charge in [0, 0.05) is 31.5 Å². The van der Waals surface area contributed by atoms with Gasteiger partial charge in [0.05, 0.1) is 6.54 Å². The average molecular weight is 235 g/mol. The average Bonchev–Trinajstić information content (AvgIpc) is 2.27. The minimum absolute atomic E-state index is 0.0649. The summed E-state index contributed by atoms with van der Waals surface area (Å²) < 4.78 is 0. The molecule has 0 bridgehead atoms. The normalized spacial score (nSPS) is 15.6.